The predicted octanol–water partition coefficient (Wildman–Crippen LogP) is 5.43. The van der Waals surface area contributed by atoms with Crippen LogP contribution in [0.15, 0.2) is 119 Å². The monoisotopic (exact) mass is 578 g/mol. The molecule has 2 N–H and O–H groups in total. The van der Waals surface area contributed by atoms with Crippen LogP contribution in [0.2, 0.25) is 0 Å². The molecular weight excluding hydrogens is 544 g/mol. The van der Waals surface area contributed by atoms with E-state index in [1.807, 2.05) is 104 Å². The molecule has 1 unspecified atom stereocenters. The fourth-order valence-corrected chi connectivity index (χ4v) is 5.66. The van der Waals surface area contributed by atoms with Gasteiger partial charge in [-0.3, -0.25) is 9.78 Å². The summed E-state index contributed by atoms with van der Waals surface area (Å²) >= 11 is 0. The van der Waals surface area contributed by atoms with E-state index >= 15 is 0 Å². The van der Waals surface area contributed by atoms with Gasteiger partial charge in [-0.15, -0.1) is 0 Å². The molecule has 5 aromatic rings. The SMILES string of the molecule is C[C@]1(OCc2ccccc2)C(c2ccc3c(=O)[nH]c(=O)[nH]c3c2)O[C@H](COCc2ccccc2)[C@H]1OCc1ccccc1. The summed E-state index contributed by atoms with van der Waals surface area (Å²) < 4.78 is 26.3. The molecule has 6 rings (SSSR count). The Balaban J connectivity index is 1.35. The first-order chi connectivity index (χ1) is 21.0. The number of hydrogen-bond acceptors (Lipinski definition) is 6. The quantitative estimate of drug-likeness (QED) is 0.217. The van der Waals surface area contributed by atoms with E-state index in [1.54, 1.807) is 12.1 Å². The Hall–Kier alpha value is -4.34. The van der Waals surface area contributed by atoms with Gasteiger partial charge >= 0.3 is 5.69 Å². The van der Waals surface area contributed by atoms with Crippen LogP contribution in [0.1, 0.15) is 35.3 Å². The maximum absolute atomic E-state index is 12.4. The van der Waals surface area contributed by atoms with Crippen molar-refractivity contribution in [3.05, 3.63) is 152 Å². The highest BCUT2D eigenvalue weighted by Gasteiger charge is 2.56. The third-order valence-corrected chi connectivity index (χ3v) is 7.86. The third kappa shape index (κ3) is 6.53. The van der Waals surface area contributed by atoms with Crippen molar-refractivity contribution in [3.8, 4) is 0 Å². The smallest absolute Gasteiger partial charge is 0.326 e. The molecule has 0 bridgehead atoms. The Morgan fingerprint density at radius 3 is 2.00 bits per heavy atom. The van der Waals surface area contributed by atoms with Gasteiger partial charge < -0.3 is 23.9 Å². The lowest BCUT2D eigenvalue weighted by Crippen LogP contribution is -2.47. The van der Waals surface area contributed by atoms with Gasteiger partial charge in [-0.2, -0.15) is 0 Å². The minimum Gasteiger partial charge on any atom is -0.374 e. The lowest BCUT2D eigenvalue weighted by Gasteiger charge is -2.35. The van der Waals surface area contributed by atoms with E-state index in [2.05, 4.69) is 9.97 Å². The lowest BCUT2D eigenvalue weighted by atomic mass is 9.87. The largest absolute Gasteiger partial charge is 0.374 e. The standard InChI is InChI=1S/C35H34N2O6/c1-35(42-22-26-15-9-4-10-16-26)31(27-17-18-28-29(19-27)36-34(39)37-33(28)38)43-30(23-40-20-24-11-5-2-6-12-24)32(35)41-21-25-13-7-3-8-14-25/h2-19,30-32H,20-23H2,1H3,(H2,36,37,38,39)/t30-,31?,32-,35+/m1/s1. The topological polar surface area (TPSA) is 103 Å². The number of fused-ring (bicyclic) bond motifs is 1. The summed E-state index contributed by atoms with van der Waals surface area (Å²) in [4.78, 5) is 29.5. The van der Waals surface area contributed by atoms with Gasteiger partial charge in [-0.25, -0.2) is 4.79 Å². The number of aromatic nitrogens is 2. The van der Waals surface area contributed by atoms with E-state index in [0.717, 1.165) is 22.3 Å². The van der Waals surface area contributed by atoms with Crippen LogP contribution in [0.25, 0.3) is 10.9 Å². The number of hydrogen-bond donors (Lipinski definition) is 2. The molecule has 2 heterocycles. The Morgan fingerprint density at radius 1 is 0.744 bits per heavy atom. The van der Waals surface area contributed by atoms with Crippen LogP contribution in [0.4, 0.5) is 0 Å². The van der Waals surface area contributed by atoms with Crippen LogP contribution in [-0.4, -0.2) is 34.4 Å². The predicted molar refractivity (Wildman–Crippen MR) is 164 cm³/mol. The van der Waals surface area contributed by atoms with Crippen LogP contribution < -0.4 is 11.2 Å². The number of nitrogens with one attached hydrogen (secondary N) is 2. The van der Waals surface area contributed by atoms with Crippen molar-refractivity contribution in [1.82, 2.24) is 9.97 Å². The van der Waals surface area contributed by atoms with Gasteiger partial charge in [-0.05, 0) is 41.3 Å². The Kier molecular flexibility index (Phi) is 8.62. The van der Waals surface area contributed by atoms with Gasteiger partial charge in [0, 0.05) is 0 Å². The Morgan fingerprint density at radius 2 is 1.35 bits per heavy atom. The van der Waals surface area contributed by atoms with Crippen molar-refractivity contribution < 1.29 is 18.9 Å². The summed E-state index contributed by atoms with van der Waals surface area (Å²) in [6, 6.07) is 35.2. The van der Waals surface area contributed by atoms with E-state index in [9.17, 15) is 9.59 Å². The van der Waals surface area contributed by atoms with Gasteiger partial charge in [0.15, 0.2) is 0 Å². The molecule has 4 aromatic carbocycles. The number of benzene rings is 4. The van der Waals surface area contributed by atoms with E-state index < -0.39 is 35.2 Å². The van der Waals surface area contributed by atoms with Crippen LogP contribution in [0.5, 0.6) is 0 Å². The molecule has 1 aliphatic rings. The zero-order valence-electron chi connectivity index (χ0n) is 23.9. The van der Waals surface area contributed by atoms with Gasteiger partial charge in [0.05, 0.1) is 37.3 Å². The van der Waals surface area contributed by atoms with Gasteiger partial charge in [-0.1, -0.05) is 97.1 Å². The van der Waals surface area contributed by atoms with Gasteiger partial charge in [0.2, 0.25) is 0 Å². The summed E-state index contributed by atoms with van der Waals surface area (Å²) in [7, 11) is 0. The molecule has 1 saturated heterocycles. The van der Waals surface area contributed by atoms with Crippen molar-refractivity contribution in [1.29, 1.82) is 0 Å². The molecule has 1 fully saturated rings. The fraction of sp³-hybridized carbons (Fsp3) is 0.257. The Labute approximate surface area is 249 Å². The average molecular weight is 579 g/mol. The first-order valence-corrected chi connectivity index (χ1v) is 14.4. The van der Waals surface area contributed by atoms with Crippen LogP contribution in [-0.2, 0) is 38.8 Å². The van der Waals surface area contributed by atoms with Crippen LogP contribution in [0, 0.1) is 0 Å². The average Bonchev–Trinajstić information content (AvgIpc) is 3.31. The number of H-pyrrole nitrogens is 2. The van der Waals surface area contributed by atoms with Crippen LogP contribution >= 0.6 is 0 Å². The number of rotatable bonds is 11. The molecule has 0 saturated carbocycles. The first kappa shape index (κ1) is 28.8. The molecule has 0 spiro atoms. The van der Waals surface area contributed by atoms with E-state index in [1.165, 1.54) is 0 Å². The molecule has 0 amide bonds. The molecule has 0 aliphatic carbocycles. The van der Waals surface area contributed by atoms with Crippen molar-refractivity contribution in [3.63, 3.8) is 0 Å². The highest BCUT2D eigenvalue weighted by Crippen LogP contribution is 2.47. The zero-order chi connectivity index (χ0) is 29.6. The molecule has 8 heteroatoms. The van der Waals surface area contributed by atoms with Crippen molar-refractivity contribution >= 4 is 10.9 Å². The third-order valence-electron chi connectivity index (χ3n) is 7.86. The second kappa shape index (κ2) is 12.9. The molecular formula is C35H34N2O6. The van der Waals surface area contributed by atoms with E-state index in [0.29, 0.717) is 30.7 Å². The summed E-state index contributed by atoms with van der Waals surface area (Å²) in [5, 5.41) is 0.382. The highest BCUT2D eigenvalue weighted by atomic mass is 16.6. The van der Waals surface area contributed by atoms with E-state index in [-0.39, 0.29) is 6.61 Å². The second-order valence-electron chi connectivity index (χ2n) is 10.9. The molecule has 1 aromatic heterocycles. The maximum atomic E-state index is 12.4. The molecule has 0 radical (unpaired) electrons. The fourth-order valence-electron chi connectivity index (χ4n) is 5.66. The minimum absolute atomic E-state index is 0.277. The van der Waals surface area contributed by atoms with E-state index in [4.69, 9.17) is 18.9 Å². The molecule has 8 nitrogen and oxygen atoms in total. The number of ether oxygens (including phenoxy) is 4. The summed E-state index contributed by atoms with van der Waals surface area (Å²) in [5.41, 5.74) is 2.31. The maximum Gasteiger partial charge on any atom is 0.326 e. The summed E-state index contributed by atoms with van der Waals surface area (Å²) in [5.74, 6) is 0. The van der Waals surface area contributed by atoms with Crippen molar-refractivity contribution in [2.75, 3.05) is 6.61 Å². The zero-order valence-corrected chi connectivity index (χ0v) is 23.9. The molecule has 4 atom stereocenters. The molecule has 220 valence electrons. The van der Waals surface area contributed by atoms with Crippen molar-refractivity contribution in [2.45, 2.75) is 50.7 Å². The van der Waals surface area contributed by atoms with Crippen LogP contribution in [0.3, 0.4) is 0 Å². The van der Waals surface area contributed by atoms with Crippen molar-refractivity contribution in [2.24, 2.45) is 0 Å². The normalized spacial score (nSPS) is 21.7. The Bertz CT molecular complexity index is 1760. The lowest BCUT2D eigenvalue weighted by molar-refractivity contribution is -0.147. The summed E-state index contributed by atoms with van der Waals surface area (Å²) in [6.45, 7) is 3.40. The highest BCUT2D eigenvalue weighted by molar-refractivity contribution is 5.78. The minimum atomic E-state index is -0.958. The number of aromatic amines is 2. The second-order valence-corrected chi connectivity index (χ2v) is 10.9. The molecule has 43 heavy (non-hydrogen) atoms. The first-order valence-electron chi connectivity index (χ1n) is 14.4. The van der Waals surface area contributed by atoms with Gasteiger partial charge in [0.1, 0.15) is 23.9 Å². The van der Waals surface area contributed by atoms with Gasteiger partial charge in [0.25, 0.3) is 5.56 Å². The summed E-state index contributed by atoms with van der Waals surface area (Å²) in [6.07, 6.45) is -1.56. The molecule has 1 aliphatic heterocycles.